The van der Waals surface area contributed by atoms with Crippen LogP contribution in [0.5, 0.6) is 11.8 Å². The highest BCUT2D eigenvalue weighted by molar-refractivity contribution is 6.38. The van der Waals surface area contributed by atoms with Crippen molar-refractivity contribution in [1.82, 2.24) is 24.4 Å². The number of hydrogen-bond donors (Lipinski definition) is 1. The van der Waals surface area contributed by atoms with Crippen LogP contribution < -0.4 is 19.7 Å². The Morgan fingerprint density at radius 2 is 1.77 bits per heavy atom. The van der Waals surface area contributed by atoms with E-state index in [1.165, 1.54) is 4.90 Å². The lowest BCUT2D eigenvalue weighted by atomic mass is 10.0. The second-order valence-electron chi connectivity index (χ2n) is 11.2. The van der Waals surface area contributed by atoms with Crippen molar-refractivity contribution in [2.24, 2.45) is 7.05 Å². The average Bonchev–Trinajstić information content (AvgIpc) is 3.68. The van der Waals surface area contributed by atoms with Crippen molar-refractivity contribution in [3.8, 4) is 11.8 Å². The minimum absolute atomic E-state index is 0.0176. The monoisotopic (exact) mass is 690 g/mol. The highest BCUT2D eigenvalue weighted by Gasteiger charge is 2.21. The minimum atomic E-state index is -0.260. The lowest BCUT2D eigenvalue weighted by Gasteiger charge is -2.21. The quantitative estimate of drug-likeness (QED) is 0.151. The van der Waals surface area contributed by atoms with E-state index < -0.39 is 0 Å². The summed E-state index contributed by atoms with van der Waals surface area (Å²) in [5.41, 5.74) is 3.86. The number of benzene rings is 3. The molecule has 250 valence electrons. The van der Waals surface area contributed by atoms with Crippen LogP contribution in [0.3, 0.4) is 0 Å². The number of ether oxygens (including phenoxy) is 2. The number of para-hydroxylation sites is 1. The van der Waals surface area contributed by atoms with E-state index >= 15 is 0 Å². The zero-order chi connectivity index (χ0) is 34.4. The molecule has 48 heavy (non-hydrogen) atoms. The Bertz CT molecular complexity index is 1950. The maximum Gasteiger partial charge on any atom is 0.297 e. The highest BCUT2D eigenvalue weighted by Crippen LogP contribution is 2.36. The first kappa shape index (κ1) is 34.5. The molecule has 2 amide bonds. The summed E-state index contributed by atoms with van der Waals surface area (Å²) < 4.78 is 15.6. The van der Waals surface area contributed by atoms with Gasteiger partial charge in [0.2, 0.25) is 5.91 Å². The predicted octanol–water partition coefficient (Wildman–Crippen LogP) is 6.02. The molecule has 0 aliphatic carbocycles. The van der Waals surface area contributed by atoms with E-state index in [1.54, 1.807) is 57.7 Å². The van der Waals surface area contributed by atoms with Crippen LogP contribution in [0.25, 0.3) is 11.0 Å². The lowest BCUT2D eigenvalue weighted by molar-refractivity contribution is -0.123. The van der Waals surface area contributed by atoms with Crippen LogP contribution in [0.4, 0.5) is 5.69 Å². The van der Waals surface area contributed by atoms with Crippen molar-refractivity contribution >= 4 is 57.5 Å². The molecule has 5 aromatic rings. The fourth-order valence-corrected chi connectivity index (χ4v) is 5.87. The summed E-state index contributed by atoms with van der Waals surface area (Å²) in [5.74, 6) is 0.886. The molecule has 1 N–H and O–H groups in total. The number of anilines is 1. The van der Waals surface area contributed by atoms with E-state index in [1.807, 2.05) is 46.6 Å². The van der Waals surface area contributed by atoms with Crippen LogP contribution in [0.1, 0.15) is 46.6 Å². The van der Waals surface area contributed by atoms with Gasteiger partial charge in [0.15, 0.2) is 0 Å². The van der Waals surface area contributed by atoms with Gasteiger partial charge in [-0.05, 0) is 48.4 Å². The number of hydrogen-bond acceptors (Lipinski definition) is 7. The molecule has 0 spiro atoms. The molecule has 2 aromatic heterocycles. The first-order valence-electron chi connectivity index (χ1n) is 15.3. The largest absolute Gasteiger partial charge is 0.486 e. The van der Waals surface area contributed by atoms with Crippen LogP contribution in [-0.2, 0) is 36.2 Å². The molecule has 13 heteroatoms. The van der Waals surface area contributed by atoms with E-state index in [-0.39, 0.29) is 42.1 Å². The van der Waals surface area contributed by atoms with Gasteiger partial charge in [-0.1, -0.05) is 41.4 Å². The first-order chi connectivity index (χ1) is 23.1. The number of halogens is 2. The molecule has 0 unspecified atom stereocenters. The Labute approximate surface area is 288 Å². The van der Waals surface area contributed by atoms with Gasteiger partial charge >= 0.3 is 0 Å². The summed E-state index contributed by atoms with van der Waals surface area (Å²) in [7, 11) is 6.67. The number of fused-ring (bicyclic) bond motifs is 1. The normalized spacial score (nSPS) is 11.0. The maximum absolute atomic E-state index is 13.1. The number of Topliss-reactive ketones (excluding diaryl/α,β-unsaturated/α-hetero) is 1. The van der Waals surface area contributed by atoms with Gasteiger partial charge in [0.05, 0.1) is 29.9 Å². The number of amides is 2. The number of carbonyl (C=O) groups excluding carboxylic acids is 3. The summed E-state index contributed by atoms with van der Waals surface area (Å²) in [6.45, 7) is 0.468. The number of imidazole rings is 2. The van der Waals surface area contributed by atoms with E-state index in [2.05, 4.69) is 15.3 Å². The third kappa shape index (κ3) is 7.64. The third-order valence-corrected chi connectivity index (χ3v) is 8.91. The smallest absolute Gasteiger partial charge is 0.297 e. The maximum atomic E-state index is 13.1. The number of nitrogens with one attached hydrogen (secondary N) is 1. The second kappa shape index (κ2) is 15.4. The Hall–Kier alpha value is -4.87. The van der Waals surface area contributed by atoms with Crippen LogP contribution in [0.2, 0.25) is 10.0 Å². The van der Waals surface area contributed by atoms with Gasteiger partial charge in [0.1, 0.15) is 29.5 Å². The number of aromatic nitrogens is 4. The SMILES string of the molecule is CNC(=O)c1ccc(CCC(=O)CCC(=O)N(C)c2ccc(Cl)c(COc3cccc4c3nc(OC)n4Cc3nccn3C)c2Cl)cc1. The fraction of sp³-hybridized carbons (Fsp3) is 0.286. The molecule has 0 aliphatic heterocycles. The molecule has 0 radical (unpaired) electrons. The van der Waals surface area contributed by atoms with E-state index in [9.17, 15) is 14.4 Å². The van der Waals surface area contributed by atoms with Crippen molar-refractivity contribution < 1.29 is 23.9 Å². The predicted molar refractivity (Wildman–Crippen MR) is 185 cm³/mol. The molecule has 11 nitrogen and oxygen atoms in total. The molecule has 0 bridgehead atoms. The molecule has 0 aliphatic rings. The number of carbonyl (C=O) groups is 3. The van der Waals surface area contributed by atoms with E-state index in [0.29, 0.717) is 58.5 Å². The number of ketones is 1. The van der Waals surface area contributed by atoms with Crippen molar-refractivity contribution in [3.05, 3.63) is 99.6 Å². The summed E-state index contributed by atoms with van der Waals surface area (Å²) in [6, 6.07) is 16.4. The Morgan fingerprint density at radius 1 is 1.00 bits per heavy atom. The van der Waals surface area contributed by atoms with Gasteiger partial charge in [-0.15, -0.1) is 0 Å². The molecular weight excluding hydrogens is 655 g/mol. The summed E-state index contributed by atoms with van der Waals surface area (Å²) >= 11 is 13.4. The van der Waals surface area contributed by atoms with E-state index in [4.69, 9.17) is 32.7 Å². The second-order valence-corrected chi connectivity index (χ2v) is 12.0. The zero-order valence-electron chi connectivity index (χ0n) is 27.1. The lowest BCUT2D eigenvalue weighted by Crippen LogP contribution is -2.27. The Morgan fingerprint density at radius 3 is 2.46 bits per heavy atom. The van der Waals surface area contributed by atoms with Crippen LogP contribution in [0, 0.1) is 0 Å². The molecule has 0 fully saturated rings. The zero-order valence-corrected chi connectivity index (χ0v) is 28.6. The van der Waals surface area contributed by atoms with E-state index in [0.717, 1.165) is 16.9 Å². The first-order valence-corrected chi connectivity index (χ1v) is 16.0. The number of methoxy groups -OCH3 is 1. The summed E-state index contributed by atoms with van der Waals surface area (Å²) in [5, 5.41) is 3.23. The molecule has 5 rings (SSSR count). The van der Waals surface area contributed by atoms with Gasteiger partial charge in [0, 0.05) is 68.9 Å². The summed E-state index contributed by atoms with van der Waals surface area (Å²) in [4.78, 5) is 47.9. The molecule has 3 aromatic carbocycles. The van der Waals surface area contributed by atoms with Crippen molar-refractivity contribution in [3.63, 3.8) is 0 Å². The highest BCUT2D eigenvalue weighted by atomic mass is 35.5. The van der Waals surface area contributed by atoms with Crippen LogP contribution >= 0.6 is 23.2 Å². The molecular formula is C35H36Cl2N6O5. The number of nitrogens with zero attached hydrogens (tertiary/aromatic N) is 5. The Balaban J connectivity index is 1.22. The number of aryl methyl sites for hydroxylation is 2. The van der Waals surface area contributed by atoms with Gasteiger partial charge in [-0.3, -0.25) is 19.0 Å². The molecule has 2 heterocycles. The van der Waals surface area contributed by atoms with Gasteiger partial charge in [-0.25, -0.2) is 4.98 Å². The van der Waals surface area contributed by atoms with Gasteiger partial charge < -0.3 is 24.3 Å². The van der Waals surface area contributed by atoms with Crippen LogP contribution in [0.15, 0.2) is 67.0 Å². The van der Waals surface area contributed by atoms with Crippen molar-refractivity contribution in [1.29, 1.82) is 0 Å². The Kier molecular flexibility index (Phi) is 11.0. The minimum Gasteiger partial charge on any atom is -0.486 e. The summed E-state index contributed by atoms with van der Waals surface area (Å²) in [6.07, 6.45) is 4.55. The third-order valence-electron chi connectivity index (χ3n) is 8.14. The molecule has 0 saturated carbocycles. The number of rotatable bonds is 14. The van der Waals surface area contributed by atoms with Crippen LogP contribution in [-0.4, -0.2) is 57.9 Å². The molecule has 0 saturated heterocycles. The average molecular weight is 692 g/mol. The van der Waals surface area contributed by atoms with Crippen molar-refractivity contribution in [2.75, 3.05) is 26.1 Å². The van der Waals surface area contributed by atoms with Gasteiger partial charge in [-0.2, -0.15) is 4.98 Å². The van der Waals surface area contributed by atoms with Gasteiger partial charge in [0.25, 0.3) is 11.9 Å². The topological polar surface area (TPSA) is 121 Å². The fourth-order valence-electron chi connectivity index (χ4n) is 5.27. The standard InChI is InChI=1S/C35H36Cl2N6O5/c1-38-34(46)23-11-8-22(9-12-23)10-13-24(44)14-17-31(45)42(3)27-16-15-26(36)25(32(27)37)21-48-29-7-5-6-28-33(29)40-35(47-4)43(28)20-30-39-18-19-41(30)2/h5-9,11-12,15-16,18-19H,10,13-14,17,20-21H2,1-4H3,(H,38,46). The molecule has 0 atom stereocenters. The van der Waals surface area contributed by atoms with Crippen molar-refractivity contribution in [2.45, 2.75) is 38.8 Å².